The van der Waals surface area contributed by atoms with Crippen LogP contribution in [-0.4, -0.2) is 28.0 Å². The van der Waals surface area contributed by atoms with Crippen molar-refractivity contribution < 1.29 is 4.92 Å². The Morgan fingerprint density at radius 3 is 2.15 bits per heavy atom. The molecule has 0 saturated carbocycles. The molecule has 0 amide bonds. The van der Waals surface area contributed by atoms with E-state index in [0.717, 1.165) is 12.1 Å². The molecule has 1 aromatic heterocycles. The number of hydrogen-bond acceptors (Lipinski definition) is 6. The molecule has 1 heterocycles. The summed E-state index contributed by atoms with van der Waals surface area (Å²) in [6.07, 6.45) is 2.33. The van der Waals surface area contributed by atoms with E-state index in [1.165, 1.54) is 11.9 Å². The normalized spacial score (nSPS) is 11.1. The number of nitro groups is 1. The molecule has 0 bridgehead atoms. The maximum Gasteiger partial charge on any atom is 0.353 e. The molecule has 0 unspecified atom stereocenters. The Morgan fingerprint density at radius 2 is 1.67 bits per heavy atom. The van der Waals surface area contributed by atoms with Crippen molar-refractivity contribution in [2.75, 3.05) is 23.3 Å². The van der Waals surface area contributed by atoms with Crippen LogP contribution in [0.4, 0.5) is 23.0 Å². The van der Waals surface area contributed by atoms with Crippen LogP contribution in [0.15, 0.2) is 30.6 Å². The van der Waals surface area contributed by atoms with Gasteiger partial charge in [0, 0.05) is 18.8 Å². The van der Waals surface area contributed by atoms with Crippen molar-refractivity contribution in [3.05, 3.63) is 46.3 Å². The van der Waals surface area contributed by atoms with Gasteiger partial charge in [0.25, 0.3) is 0 Å². The smallest absolute Gasteiger partial charge is 0.350 e. The number of hydrogen-bond donors (Lipinski definition) is 1. The SMILES string of the molecule is CCc1ccc(Nc2ncnc(N(CC(C)C)CC(C)C)c2[N+](=O)[O-])cc1. The first kappa shape index (κ1) is 20.6. The van der Waals surface area contributed by atoms with Crippen LogP contribution in [0.5, 0.6) is 0 Å². The molecule has 0 aliphatic heterocycles. The first-order valence-electron chi connectivity index (χ1n) is 9.42. The van der Waals surface area contributed by atoms with E-state index < -0.39 is 4.92 Å². The fraction of sp³-hybridized carbons (Fsp3) is 0.500. The third-order valence-electron chi connectivity index (χ3n) is 4.08. The number of anilines is 3. The van der Waals surface area contributed by atoms with Gasteiger partial charge in [0.15, 0.2) is 0 Å². The molecule has 2 rings (SSSR count). The zero-order chi connectivity index (χ0) is 20.0. The quantitative estimate of drug-likeness (QED) is 0.503. The molecular formula is C20H29N5O2. The Balaban J connectivity index is 2.43. The van der Waals surface area contributed by atoms with E-state index in [0.29, 0.717) is 30.7 Å². The summed E-state index contributed by atoms with van der Waals surface area (Å²) in [7, 11) is 0. The van der Waals surface area contributed by atoms with Crippen LogP contribution in [0, 0.1) is 22.0 Å². The molecule has 0 aliphatic carbocycles. The summed E-state index contributed by atoms with van der Waals surface area (Å²) in [6.45, 7) is 11.8. The maximum absolute atomic E-state index is 11.9. The highest BCUT2D eigenvalue weighted by molar-refractivity contribution is 5.74. The van der Waals surface area contributed by atoms with E-state index >= 15 is 0 Å². The third kappa shape index (κ3) is 5.64. The molecule has 1 aromatic carbocycles. The van der Waals surface area contributed by atoms with Gasteiger partial charge in [0.2, 0.25) is 11.6 Å². The van der Waals surface area contributed by atoms with E-state index in [2.05, 4.69) is 49.9 Å². The number of nitrogens with zero attached hydrogens (tertiary/aromatic N) is 4. The predicted molar refractivity (Wildman–Crippen MR) is 110 cm³/mol. The minimum atomic E-state index is -0.397. The maximum atomic E-state index is 11.9. The van der Waals surface area contributed by atoms with Crippen LogP contribution in [0.3, 0.4) is 0 Å². The van der Waals surface area contributed by atoms with Gasteiger partial charge in [-0.05, 0) is 36.0 Å². The summed E-state index contributed by atoms with van der Waals surface area (Å²) < 4.78 is 0. The highest BCUT2D eigenvalue weighted by Crippen LogP contribution is 2.34. The first-order valence-corrected chi connectivity index (χ1v) is 9.42. The summed E-state index contributed by atoms with van der Waals surface area (Å²) in [6, 6.07) is 7.81. The van der Waals surface area contributed by atoms with Crippen LogP contribution in [0.2, 0.25) is 0 Å². The van der Waals surface area contributed by atoms with Gasteiger partial charge in [-0.2, -0.15) is 0 Å². The Hall–Kier alpha value is -2.70. The molecule has 2 aromatic rings. The molecule has 146 valence electrons. The summed E-state index contributed by atoms with van der Waals surface area (Å²) in [5, 5.41) is 15.0. The second kappa shape index (κ2) is 9.30. The van der Waals surface area contributed by atoms with Gasteiger partial charge in [0.1, 0.15) is 6.33 Å². The lowest BCUT2D eigenvalue weighted by Gasteiger charge is -2.27. The Labute approximate surface area is 161 Å². The summed E-state index contributed by atoms with van der Waals surface area (Å²) in [4.78, 5) is 21.9. The van der Waals surface area contributed by atoms with Crippen molar-refractivity contribution in [3.63, 3.8) is 0 Å². The van der Waals surface area contributed by atoms with Gasteiger partial charge in [-0.15, -0.1) is 0 Å². The van der Waals surface area contributed by atoms with Crippen LogP contribution in [0.25, 0.3) is 0 Å². The van der Waals surface area contributed by atoms with Crippen molar-refractivity contribution >= 4 is 23.0 Å². The van der Waals surface area contributed by atoms with Crippen LogP contribution in [-0.2, 0) is 6.42 Å². The van der Waals surface area contributed by atoms with E-state index in [4.69, 9.17) is 0 Å². The molecule has 0 fully saturated rings. The average Bonchev–Trinajstić information content (AvgIpc) is 2.60. The van der Waals surface area contributed by atoms with Gasteiger partial charge in [0.05, 0.1) is 4.92 Å². The lowest BCUT2D eigenvalue weighted by Crippen LogP contribution is -2.32. The largest absolute Gasteiger partial charge is 0.353 e. The molecule has 0 atom stereocenters. The second-order valence-corrected chi connectivity index (χ2v) is 7.52. The van der Waals surface area contributed by atoms with Crippen LogP contribution < -0.4 is 10.2 Å². The predicted octanol–water partition coefficient (Wildman–Crippen LogP) is 4.81. The van der Waals surface area contributed by atoms with E-state index in [1.807, 2.05) is 29.2 Å². The fourth-order valence-corrected chi connectivity index (χ4v) is 2.95. The molecule has 1 N–H and O–H groups in total. The van der Waals surface area contributed by atoms with Gasteiger partial charge in [-0.25, -0.2) is 9.97 Å². The molecule has 0 aliphatic rings. The number of aryl methyl sites for hydroxylation is 1. The minimum Gasteiger partial charge on any atom is -0.350 e. The van der Waals surface area contributed by atoms with Crippen molar-refractivity contribution in [1.29, 1.82) is 0 Å². The number of aromatic nitrogens is 2. The Bertz CT molecular complexity index is 749. The lowest BCUT2D eigenvalue weighted by molar-refractivity contribution is -0.383. The van der Waals surface area contributed by atoms with Crippen LogP contribution >= 0.6 is 0 Å². The summed E-state index contributed by atoms with van der Waals surface area (Å²) in [5.74, 6) is 1.30. The lowest BCUT2D eigenvalue weighted by atomic mass is 10.1. The third-order valence-corrected chi connectivity index (χ3v) is 4.08. The van der Waals surface area contributed by atoms with E-state index in [1.54, 1.807) is 0 Å². The average molecular weight is 371 g/mol. The Kier molecular flexibility index (Phi) is 7.10. The van der Waals surface area contributed by atoms with Gasteiger partial charge in [-0.3, -0.25) is 10.1 Å². The monoisotopic (exact) mass is 371 g/mol. The fourth-order valence-electron chi connectivity index (χ4n) is 2.95. The molecule has 0 radical (unpaired) electrons. The zero-order valence-electron chi connectivity index (χ0n) is 16.8. The Morgan fingerprint density at radius 1 is 1.07 bits per heavy atom. The topological polar surface area (TPSA) is 84.2 Å². The molecule has 0 saturated heterocycles. The minimum absolute atomic E-state index is 0.0848. The van der Waals surface area contributed by atoms with Crippen molar-refractivity contribution in [2.45, 2.75) is 41.0 Å². The highest BCUT2D eigenvalue weighted by atomic mass is 16.6. The summed E-state index contributed by atoms with van der Waals surface area (Å²) in [5.41, 5.74) is 1.89. The van der Waals surface area contributed by atoms with Gasteiger partial charge < -0.3 is 10.2 Å². The standard InChI is InChI=1S/C20H29N5O2/c1-6-16-7-9-17(10-8-16)23-19-18(25(26)27)20(22-13-21-19)24(11-14(2)3)12-15(4)5/h7-10,13-15H,6,11-12H2,1-5H3,(H,21,22,23). The van der Waals surface area contributed by atoms with E-state index in [-0.39, 0.29) is 11.5 Å². The summed E-state index contributed by atoms with van der Waals surface area (Å²) >= 11 is 0. The zero-order valence-corrected chi connectivity index (χ0v) is 16.8. The highest BCUT2D eigenvalue weighted by Gasteiger charge is 2.28. The van der Waals surface area contributed by atoms with Gasteiger partial charge >= 0.3 is 5.69 Å². The number of rotatable bonds is 9. The van der Waals surface area contributed by atoms with Crippen LogP contribution in [0.1, 0.15) is 40.2 Å². The molecule has 27 heavy (non-hydrogen) atoms. The number of nitrogens with one attached hydrogen (secondary N) is 1. The first-order chi connectivity index (χ1) is 12.8. The molecule has 7 nitrogen and oxygen atoms in total. The van der Waals surface area contributed by atoms with Gasteiger partial charge in [-0.1, -0.05) is 46.8 Å². The second-order valence-electron chi connectivity index (χ2n) is 7.52. The van der Waals surface area contributed by atoms with Crippen molar-refractivity contribution in [3.8, 4) is 0 Å². The van der Waals surface area contributed by atoms with E-state index in [9.17, 15) is 10.1 Å². The molecular weight excluding hydrogens is 342 g/mol. The molecule has 7 heteroatoms. The van der Waals surface area contributed by atoms with Crippen molar-refractivity contribution in [2.24, 2.45) is 11.8 Å². The number of benzene rings is 1. The molecule has 0 spiro atoms. The van der Waals surface area contributed by atoms with Crippen molar-refractivity contribution in [1.82, 2.24) is 9.97 Å².